The van der Waals surface area contributed by atoms with Crippen molar-refractivity contribution < 1.29 is 0 Å². The summed E-state index contributed by atoms with van der Waals surface area (Å²) >= 11 is 0. The van der Waals surface area contributed by atoms with E-state index in [-0.39, 0.29) is 6.04 Å². The van der Waals surface area contributed by atoms with E-state index in [4.69, 9.17) is 5.73 Å². The molecule has 0 aliphatic carbocycles. The average molecular weight is 226 g/mol. The first-order valence-electron chi connectivity index (χ1n) is 5.89. The Morgan fingerprint density at radius 3 is 2.59 bits per heavy atom. The third-order valence-corrected chi connectivity index (χ3v) is 3.18. The molecule has 0 saturated carbocycles. The predicted octanol–water partition coefficient (Wildman–Crippen LogP) is 2.94. The molecule has 1 atom stereocenters. The summed E-state index contributed by atoms with van der Waals surface area (Å²) in [5.41, 5.74) is 11.2. The lowest BCUT2D eigenvalue weighted by Crippen LogP contribution is -2.15. The summed E-state index contributed by atoms with van der Waals surface area (Å²) in [5.74, 6) is 0. The Balaban J connectivity index is 2.20. The topological polar surface area (TPSA) is 38.9 Å². The van der Waals surface area contributed by atoms with E-state index in [9.17, 15) is 0 Å². The molecule has 1 aromatic heterocycles. The van der Waals surface area contributed by atoms with E-state index in [1.807, 2.05) is 12.3 Å². The lowest BCUT2D eigenvalue weighted by atomic mass is 9.95. The van der Waals surface area contributed by atoms with Crippen molar-refractivity contribution in [3.63, 3.8) is 0 Å². The Bertz CT molecular complexity index is 506. The highest BCUT2D eigenvalue weighted by Crippen LogP contribution is 2.20. The first-order chi connectivity index (χ1) is 8.18. The third kappa shape index (κ3) is 2.71. The van der Waals surface area contributed by atoms with Crippen LogP contribution in [0.15, 0.2) is 42.7 Å². The Kier molecular flexibility index (Phi) is 3.55. The van der Waals surface area contributed by atoms with Crippen molar-refractivity contribution >= 4 is 0 Å². The Morgan fingerprint density at radius 1 is 1.12 bits per heavy atom. The zero-order valence-electron chi connectivity index (χ0n) is 10.4. The minimum absolute atomic E-state index is 0.0183. The van der Waals surface area contributed by atoms with Gasteiger partial charge in [0.1, 0.15) is 0 Å². The van der Waals surface area contributed by atoms with Gasteiger partial charge >= 0.3 is 0 Å². The minimum Gasteiger partial charge on any atom is -0.324 e. The highest BCUT2D eigenvalue weighted by atomic mass is 14.7. The van der Waals surface area contributed by atoms with Gasteiger partial charge in [-0.2, -0.15) is 0 Å². The van der Waals surface area contributed by atoms with Gasteiger partial charge in [-0.1, -0.05) is 24.3 Å². The fourth-order valence-electron chi connectivity index (χ4n) is 2.05. The van der Waals surface area contributed by atoms with Crippen molar-refractivity contribution in [3.8, 4) is 0 Å². The fourth-order valence-corrected chi connectivity index (χ4v) is 2.05. The molecule has 1 heterocycles. The van der Waals surface area contributed by atoms with Crippen molar-refractivity contribution in [2.24, 2.45) is 5.73 Å². The van der Waals surface area contributed by atoms with E-state index in [2.05, 4.69) is 43.1 Å². The summed E-state index contributed by atoms with van der Waals surface area (Å²) in [6.45, 7) is 4.20. The molecule has 1 aromatic carbocycles. The van der Waals surface area contributed by atoms with Gasteiger partial charge in [0.2, 0.25) is 0 Å². The molecular weight excluding hydrogens is 208 g/mol. The minimum atomic E-state index is 0.0183. The summed E-state index contributed by atoms with van der Waals surface area (Å²) in [4.78, 5) is 4.15. The molecule has 2 nitrogen and oxygen atoms in total. The molecule has 2 aromatic rings. The Labute approximate surface area is 103 Å². The molecule has 0 spiro atoms. The van der Waals surface area contributed by atoms with E-state index in [1.54, 1.807) is 6.20 Å². The van der Waals surface area contributed by atoms with Gasteiger partial charge in [-0.25, -0.2) is 0 Å². The molecule has 17 heavy (non-hydrogen) atoms. The van der Waals surface area contributed by atoms with E-state index in [0.29, 0.717) is 0 Å². The highest BCUT2D eigenvalue weighted by Gasteiger charge is 2.10. The van der Waals surface area contributed by atoms with Crippen LogP contribution in [-0.4, -0.2) is 4.98 Å². The van der Waals surface area contributed by atoms with Crippen LogP contribution >= 0.6 is 0 Å². The summed E-state index contributed by atoms with van der Waals surface area (Å²) in [6.07, 6.45) is 4.54. The van der Waals surface area contributed by atoms with Crippen LogP contribution in [-0.2, 0) is 6.42 Å². The van der Waals surface area contributed by atoms with E-state index in [0.717, 1.165) is 12.0 Å². The lowest BCUT2D eigenvalue weighted by molar-refractivity contribution is 0.709. The number of pyridine rings is 1. The second kappa shape index (κ2) is 5.11. The largest absolute Gasteiger partial charge is 0.324 e. The standard InChI is InChI=1S/C15H18N2/c1-11-5-3-4-6-13(11)9-15(16)14-10-17-8-7-12(14)2/h3-8,10,15H,9,16H2,1-2H3. The van der Waals surface area contributed by atoms with Crippen molar-refractivity contribution in [3.05, 3.63) is 65.0 Å². The van der Waals surface area contributed by atoms with Crippen LogP contribution in [0.25, 0.3) is 0 Å². The number of benzene rings is 1. The van der Waals surface area contributed by atoms with Gasteiger partial charge < -0.3 is 5.73 Å². The molecule has 0 aliphatic rings. The summed E-state index contributed by atoms with van der Waals surface area (Å²) in [5, 5.41) is 0. The summed E-state index contributed by atoms with van der Waals surface area (Å²) in [6, 6.07) is 10.4. The van der Waals surface area contributed by atoms with Crippen LogP contribution in [0.2, 0.25) is 0 Å². The number of nitrogens with two attached hydrogens (primary N) is 1. The fraction of sp³-hybridized carbons (Fsp3) is 0.267. The number of rotatable bonds is 3. The molecule has 2 rings (SSSR count). The number of aromatic nitrogens is 1. The molecule has 0 bridgehead atoms. The van der Waals surface area contributed by atoms with E-state index >= 15 is 0 Å². The highest BCUT2D eigenvalue weighted by molar-refractivity contribution is 5.30. The quantitative estimate of drug-likeness (QED) is 0.874. The van der Waals surface area contributed by atoms with Crippen LogP contribution in [0.1, 0.15) is 28.3 Å². The van der Waals surface area contributed by atoms with Gasteiger partial charge in [0, 0.05) is 18.4 Å². The van der Waals surface area contributed by atoms with Crippen molar-refractivity contribution in [1.29, 1.82) is 0 Å². The van der Waals surface area contributed by atoms with Gasteiger partial charge in [0.25, 0.3) is 0 Å². The molecule has 1 unspecified atom stereocenters. The van der Waals surface area contributed by atoms with Crippen LogP contribution in [0.4, 0.5) is 0 Å². The molecular formula is C15H18N2. The molecule has 0 amide bonds. The van der Waals surface area contributed by atoms with Gasteiger partial charge in [-0.15, -0.1) is 0 Å². The Morgan fingerprint density at radius 2 is 1.88 bits per heavy atom. The summed E-state index contributed by atoms with van der Waals surface area (Å²) in [7, 11) is 0. The summed E-state index contributed by atoms with van der Waals surface area (Å²) < 4.78 is 0. The number of hydrogen-bond donors (Lipinski definition) is 1. The Hall–Kier alpha value is -1.67. The molecule has 0 fully saturated rings. The van der Waals surface area contributed by atoms with Crippen LogP contribution in [0.3, 0.4) is 0 Å². The maximum Gasteiger partial charge on any atom is 0.0353 e. The molecule has 88 valence electrons. The maximum atomic E-state index is 6.26. The van der Waals surface area contributed by atoms with E-state index in [1.165, 1.54) is 16.7 Å². The molecule has 2 N–H and O–H groups in total. The number of hydrogen-bond acceptors (Lipinski definition) is 2. The van der Waals surface area contributed by atoms with Crippen molar-refractivity contribution in [2.45, 2.75) is 26.3 Å². The SMILES string of the molecule is Cc1ccccc1CC(N)c1cnccc1C. The van der Waals surface area contributed by atoms with Crippen molar-refractivity contribution in [2.75, 3.05) is 0 Å². The van der Waals surface area contributed by atoms with E-state index < -0.39 is 0 Å². The average Bonchev–Trinajstić information content (AvgIpc) is 2.32. The smallest absolute Gasteiger partial charge is 0.0353 e. The van der Waals surface area contributed by atoms with Gasteiger partial charge in [0.15, 0.2) is 0 Å². The van der Waals surface area contributed by atoms with Gasteiger partial charge in [-0.05, 0) is 48.6 Å². The normalized spacial score (nSPS) is 12.4. The van der Waals surface area contributed by atoms with Gasteiger partial charge in [-0.3, -0.25) is 4.98 Å². The van der Waals surface area contributed by atoms with Gasteiger partial charge in [0.05, 0.1) is 0 Å². The number of nitrogens with zero attached hydrogens (tertiary/aromatic N) is 1. The molecule has 0 radical (unpaired) electrons. The zero-order chi connectivity index (χ0) is 12.3. The monoisotopic (exact) mass is 226 g/mol. The first kappa shape index (κ1) is 11.8. The van der Waals surface area contributed by atoms with Crippen molar-refractivity contribution in [1.82, 2.24) is 4.98 Å². The third-order valence-electron chi connectivity index (χ3n) is 3.18. The number of aryl methyl sites for hydroxylation is 2. The second-order valence-corrected chi connectivity index (χ2v) is 4.47. The molecule has 2 heteroatoms. The van der Waals surface area contributed by atoms with Crippen LogP contribution in [0.5, 0.6) is 0 Å². The molecule has 0 saturated heterocycles. The maximum absolute atomic E-state index is 6.26. The van der Waals surface area contributed by atoms with Crippen LogP contribution < -0.4 is 5.73 Å². The molecule has 0 aliphatic heterocycles. The second-order valence-electron chi connectivity index (χ2n) is 4.47. The zero-order valence-corrected chi connectivity index (χ0v) is 10.4. The van der Waals surface area contributed by atoms with Crippen LogP contribution in [0, 0.1) is 13.8 Å². The predicted molar refractivity (Wildman–Crippen MR) is 70.8 cm³/mol. The lowest BCUT2D eigenvalue weighted by Gasteiger charge is -2.15. The first-order valence-corrected chi connectivity index (χ1v) is 5.89.